The van der Waals surface area contributed by atoms with Crippen LogP contribution in [0.1, 0.15) is 49.1 Å². The number of hydrogen-bond donors (Lipinski definition) is 1. The predicted octanol–water partition coefficient (Wildman–Crippen LogP) is 4.99. The van der Waals surface area contributed by atoms with Crippen molar-refractivity contribution in [2.24, 2.45) is 5.92 Å². The molecule has 0 saturated carbocycles. The average molecular weight is 467 g/mol. The zero-order valence-electron chi connectivity index (χ0n) is 18.3. The summed E-state index contributed by atoms with van der Waals surface area (Å²) in [4.78, 5) is 31.7. The van der Waals surface area contributed by atoms with E-state index in [4.69, 9.17) is 0 Å². The Morgan fingerprint density at radius 2 is 2.06 bits per heavy atom. The highest BCUT2D eigenvalue weighted by molar-refractivity contribution is 7.99. The van der Waals surface area contributed by atoms with Gasteiger partial charge in [-0.3, -0.25) is 14.2 Å². The number of hydrogen-bond acceptors (Lipinski definition) is 6. The monoisotopic (exact) mass is 466 g/mol. The fraction of sp³-hybridized carbons (Fsp3) is 0.417. The minimum atomic E-state index is -0.193. The lowest BCUT2D eigenvalue weighted by atomic mass is 10.1. The number of aromatic nitrogens is 2. The van der Waals surface area contributed by atoms with Crippen LogP contribution in [0.4, 0.5) is 5.00 Å². The van der Waals surface area contributed by atoms with Gasteiger partial charge in [0.05, 0.1) is 22.2 Å². The minimum absolute atomic E-state index is 0.0824. The van der Waals surface area contributed by atoms with Gasteiger partial charge in [0.2, 0.25) is 5.91 Å². The van der Waals surface area contributed by atoms with Crippen LogP contribution in [-0.2, 0) is 24.2 Å². The van der Waals surface area contributed by atoms with Gasteiger partial charge in [-0.05, 0) is 49.3 Å². The first-order valence-corrected chi connectivity index (χ1v) is 12.7. The number of anilines is 1. The Morgan fingerprint density at radius 1 is 1.28 bits per heavy atom. The summed E-state index contributed by atoms with van der Waals surface area (Å²) in [5, 5.41) is 14.4. The third-order valence-corrected chi connectivity index (χ3v) is 7.68. The Bertz CT molecular complexity index is 1250. The van der Waals surface area contributed by atoms with Crippen LogP contribution in [0.25, 0.3) is 10.9 Å². The fourth-order valence-electron chi connectivity index (χ4n) is 4.03. The van der Waals surface area contributed by atoms with E-state index in [-0.39, 0.29) is 23.1 Å². The van der Waals surface area contributed by atoms with E-state index >= 15 is 0 Å². The molecule has 1 amide bonds. The van der Waals surface area contributed by atoms with Crippen molar-refractivity contribution in [3.05, 3.63) is 50.6 Å². The number of benzene rings is 1. The van der Waals surface area contributed by atoms with E-state index in [1.165, 1.54) is 34.4 Å². The SMILES string of the molecule is CC(C)Cn1c(SCC(=O)Nc2sc3c(c2C#N)CCCCC3)nc2ccccc2c1=O. The lowest BCUT2D eigenvalue weighted by Crippen LogP contribution is -2.26. The van der Waals surface area contributed by atoms with Gasteiger partial charge in [-0.15, -0.1) is 11.3 Å². The van der Waals surface area contributed by atoms with Gasteiger partial charge in [0, 0.05) is 11.4 Å². The van der Waals surface area contributed by atoms with Crippen LogP contribution in [0.3, 0.4) is 0 Å². The lowest BCUT2D eigenvalue weighted by Gasteiger charge is -2.14. The molecule has 1 aromatic carbocycles. The highest BCUT2D eigenvalue weighted by atomic mass is 32.2. The summed E-state index contributed by atoms with van der Waals surface area (Å²) in [6, 6.07) is 9.59. The first-order chi connectivity index (χ1) is 15.5. The molecule has 0 spiro atoms. The minimum Gasteiger partial charge on any atom is -0.316 e. The molecule has 8 heteroatoms. The highest BCUT2D eigenvalue weighted by Crippen LogP contribution is 2.37. The van der Waals surface area contributed by atoms with Gasteiger partial charge in [0.25, 0.3) is 5.56 Å². The number of nitriles is 1. The normalized spacial score (nSPS) is 13.6. The number of carbonyl (C=O) groups is 1. The van der Waals surface area contributed by atoms with Crippen molar-refractivity contribution in [1.29, 1.82) is 5.26 Å². The maximum absolute atomic E-state index is 13.0. The summed E-state index contributed by atoms with van der Waals surface area (Å²) in [7, 11) is 0. The molecule has 1 N–H and O–H groups in total. The van der Waals surface area contributed by atoms with E-state index in [1.54, 1.807) is 10.6 Å². The van der Waals surface area contributed by atoms with E-state index in [1.807, 2.05) is 32.0 Å². The van der Waals surface area contributed by atoms with Gasteiger partial charge in [-0.25, -0.2) is 4.98 Å². The first kappa shape index (κ1) is 22.6. The van der Waals surface area contributed by atoms with Crippen molar-refractivity contribution >= 4 is 44.9 Å². The number of thioether (sulfide) groups is 1. The van der Waals surface area contributed by atoms with Crippen LogP contribution in [0, 0.1) is 17.2 Å². The zero-order chi connectivity index (χ0) is 22.7. The number of nitrogens with zero attached hydrogens (tertiary/aromatic N) is 3. The smallest absolute Gasteiger partial charge is 0.262 e. The Kier molecular flexibility index (Phi) is 6.97. The summed E-state index contributed by atoms with van der Waals surface area (Å²) in [5.74, 6) is 0.195. The van der Waals surface area contributed by atoms with Crippen molar-refractivity contribution in [3.8, 4) is 6.07 Å². The molecule has 0 unspecified atom stereocenters. The van der Waals surface area contributed by atoms with Crippen molar-refractivity contribution in [2.75, 3.05) is 11.1 Å². The van der Waals surface area contributed by atoms with Crippen LogP contribution in [0.5, 0.6) is 0 Å². The Balaban J connectivity index is 1.55. The molecule has 4 rings (SSSR count). The quantitative estimate of drug-likeness (QED) is 0.314. The molecule has 1 aliphatic rings. The topological polar surface area (TPSA) is 87.8 Å². The molecule has 6 nitrogen and oxygen atoms in total. The van der Waals surface area contributed by atoms with Crippen LogP contribution in [-0.4, -0.2) is 21.2 Å². The molecular weight excluding hydrogens is 440 g/mol. The first-order valence-electron chi connectivity index (χ1n) is 10.9. The van der Waals surface area contributed by atoms with E-state index in [9.17, 15) is 14.9 Å². The number of thiophene rings is 1. The third-order valence-electron chi connectivity index (χ3n) is 5.49. The van der Waals surface area contributed by atoms with E-state index in [2.05, 4.69) is 16.4 Å². The zero-order valence-corrected chi connectivity index (χ0v) is 19.9. The third kappa shape index (κ3) is 4.74. The van der Waals surface area contributed by atoms with Crippen molar-refractivity contribution in [2.45, 2.75) is 57.7 Å². The van der Waals surface area contributed by atoms with Gasteiger partial charge in [0.15, 0.2) is 5.16 Å². The van der Waals surface area contributed by atoms with Gasteiger partial charge < -0.3 is 5.32 Å². The molecule has 0 aliphatic heterocycles. The second-order valence-corrected chi connectivity index (χ2v) is 10.5. The molecule has 166 valence electrons. The standard InChI is InChI=1S/C24H26N4O2S2/c1-15(2)13-28-23(30)17-9-6-7-10-19(17)26-24(28)31-14-21(29)27-22-18(12-25)16-8-4-3-5-11-20(16)32-22/h6-7,9-10,15H,3-5,8,11,13-14H2,1-2H3,(H,27,29). The maximum Gasteiger partial charge on any atom is 0.262 e. The number of carbonyl (C=O) groups excluding carboxylic acids is 1. The van der Waals surface area contributed by atoms with Gasteiger partial charge >= 0.3 is 0 Å². The summed E-state index contributed by atoms with van der Waals surface area (Å²) in [5.41, 5.74) is 2.28. The summed E-state index contributed by atoms with van der Waals surface area (Å²) in [6.07, 6.45) is 5.27. The largest absolute Gasteiger partial charge is 0.316 e. The van der Waals surface area contributed by atoms with Crippen LogP contribution in [0.2, 0.25) is 0 Å². The Labute approximate surface area is 195 Å². The van der Waals surface area contributed by atoms with Crippen LogP contribution in [0.15, 0.2) is 34.2 Å². The van der Waals surface area contributed by atoms with E-state index in [0.717, 1.165) is 31.2 Å². The number of para-hydroxylation sites is 1. The number of aryl methyl sites for hydroxylation is 1. The Hall–Kier alpha value is -2.63. The number of amides is 1. The summed E-state index contributed by atoms with van der Waals surface area (Å²) < 4.78 is 1.67. The molecule has 1 aliphatic carbocycles. The van der Waals surface area contributed by atoms with E-state index in [0.29, 0.717) is 33.2 Å². The molecular formula is C24H26N4O2S2. The second-order valence-electron chi connectivity index (χ2n) is 8.44. The highest BCUT2D eigenvalue weighted by Gasteiger charge is 2.21. The fourth-order valence-corrected chi connectivity index (χ4v) is 6.09. The van der Waals surface area contributed by atoms with Gasteiger partial charge in [0.1, 0.15) is 11.1 Å². The molecule has 3 aromatic rings. The van der Waals surface area contributed by atoms with Gasteiger partial charge in [-0.1, -0.05) is 44.2 Å². The summed E-state index contributed by atoms with van der Waals surface area (Å²) in [6.45, 7) is 4.64. The maximum atomic E-state index is 13.0. The molecule has 0 fully saturated rings. The van der Waals surface area contributed by atoms with Crippen LogP contribution < -0.4 is 10.9 Å². The number of fused-ring (bicyclic) bond motifs is 2. The van der Waals surface area contributed by atoms with Crippen molar-refractivity contribution in [3.63, 3.8) is 0 Å². The molecule has 2 heterocycles. The average Bonchev–Trinajstić information content (AvgIpc) is 2.93. The van der Waals surface area contributed by atoms with E-state index < -0.39 is 0 Å². The molecule has 0 radical (unpaired) electrons. The molecule has 2 aromatic heterocycles. The lowest BCUT2D eigenvalue weighted by molar-refractivity contribution is -0.113. The Morgan fingerprint density at radius 3 is 2.84 bits per heavy atom. The molecule has 0 atom stereocenters. The molecule has 0 saturated heterocycles. The predicted molar refractivity (Wildman–Crippen MR) is 130 cm³/mol. The second kappa shape index (κ2) is 9.88. The molecule has 32 heavy (non-hydrogen) atoms. The van der Waals surface area contributed by atoms with Gasteiger partial charge in [-0.2, -0.15) is 5.26 Å². The van der Waals surface area contributed by atoms with Crippen LogP contribution >= 0.6 is 23.1 Å². The number of nitrogens with one attached hydrogen (secondary N) is 1. The van der Waals surface area contributed by atoms with Crippen molar-refractivity contribution in [1.82, 2.24) is 9.55 Å². The number of rotatable bonds is 6. The van der Waals surface area contributed by atoms with Crippen molar-refractivity contribution < 1.29 is 4.79 Å². The molecule has 0 bridgehead atoms. The summed E-state index contributed by atoms with van der Waals surface area (Å²) >= 11 is 2.79.